The van der Waals surface area contributed by atoms with Gasteiger partial charge in [-0.3, -0.25) is 0 Å². The van der Waals surface area contributed by atoms with Crippen molar-refractivity contribution in [2.45, 2.75) is 16.9 Å². The average Bonchev–Trinajstić information content (AvgIpc) is 2.75. The summed E-state index contributed by atoms with van der Waals surface area (Å²) in [6.45, 7) is 2.21. The Balaban J connectivity index is 1.54. The summed E-state index contributed by atoms with van der Waals surface area (Å²) in [5, 5.41) is 0. The predicted octanol–water partition coefficient (Wildman–Crippen LogP) is 1.60. The van der Waals surface area contributed by atoms with E-state index in [-0.39, 0.29) is 0 Å². The van der Waals surface area contributed by atoms with Crippen molar-refractivity contribution < 1.29 is 9.47 Å². The van der Waals surface area contributed by atoms with Gasteiger partial charge >= 0.3 is 0 Å². The van der Waals surface area contributed by atoms with E-state index >= 15 is 0 Å². The first-order valence-corrected chi connectivity index (χ1v) is 4.51. The number of alkyl halides is 2. The topological polar surface area (TPSA) is 21.8 Å². The molecule has 0 unspecified atom stereocenters. The lowest BCUT2D eigenvalue weighted by Crippen LogP contribution is -2.06. The van der Waals surface area contributed by atoms with Crippen molar-refractivity contribution in [2.24, 2.45) is 5.92 Å². The van der Waals surface area contributed by atoms with E-state index in [1.807, 2.05) is 0 Å². The van der Waals surface area contributed by atoms with Gasteiger partial charge < -0.3 is 9.47 Å². The zero-order valence-corrected chi connectivity index (χ0v) is 7.57. The molecule has 0 aromatic carbocycles. The first-order chi connectivity index (χ1) is 5.18. The second-order valence-electron chi connectivity index (χ2n) is 3.15. The van der Waals surface area contributed by atoms with Crippen LogP contribution in [0.25, 0.3) is 0 Å². The molecule has 0 bridgehead atoms. The van der Waals surface area contributed by atoms with E-state index in [2.05, 4.69) is 0 Å². The van der Waals surface area contributed by atoms with Crippen molar-refractivity contribution in [1.82, 2.24) is 0 Å². The molecule has 11 heavy (non-hydrogen) atoms. The van der Waals surface area contributed by atoms with Gasteiger partial charge in [0.25, 0.3) is 0 Å². The number of halogens is 2. The Kier molecular flexibility index (Phi) is 2.04. The zero-order chi connectivity index (χ0) is 7.90. The summed E-state index contributed by atoms with van der Waals surface area (Å²) in [4.78, 5) is 0. The van der Waals surface area contributed by atoms with Crippen LogP contribution in [0.4, 0.5) is 0 Å². The molecule has 2 rings (SSSR count). The molecule has 2 atom stereocenters. The summed E-state index contributed by atoms with van der Waals surface area (Å²) in [5.41, 5.74) is 0. The standard InChI is InChI=1S/C7H10Cl2O2/c8-7(9)1-5(7)2-10-3-6-4-11-6/h5-6H,1-4H2/t5-,6+/m1/s1. The molecule has 1 aliphatic carbocycles. The Labute approximate surface area is 75.8 Å². The molecule has 2 aliphatic rings. The molecule has 1 saturated carbocycles. The van der Waals surface area contributed by atoms with Crippen molar-refractivity contribution in [3.8, 4) is 0 Å². The summed E-state index contributed by atoms with van der Waals surface area (Å²) < 4.78 is 9.80. The smallest absolute Gasteiger partial charge is 0.123 e. The molecule has 0 N–H and O–H groups in total. The molecule has 0 aromatic heterocycles. The van der Waals surface area contributed by atoms with Gasteiger partial charge in [-0.15, -0.1) is 23.2 Å². The van der Waals surface area contributed by atoms with Crippen molar-refractivity contribution in [3.05, 3.63) is 0 Å². The summed E-state index contributed by atoms with van der Waals surface area (Å²) >= 11 is 11.6. The fourth-order valence-electron chi connectivity index (χ4n) is 0.956. The van der Waals surface area contributed by atoms with Gasteiger partial charge in [0, 0.05) is 5.92 Å². The van der Waals surface area contributed by atoms with Crippen LogP contribution in [0.1, 0.15) is 6.42 Å². The Morgan fingerprint density at radius 3 is 2.55 bits per heavy atom. The maximum Gasteiger partial charge on any atom is 0.123 e. The van der Waals surface area contributed by atoms with Crippen LogP contribution in [0, 0.1) is 5.92 Å². The minimum absolute atomic E-state index is 0.338. The molecule has 2 fully saturated rings. The van der Waals surface area contributed by atoms with Crippen LogP contribution in [0.15, 0.2) is 0 Å². The number of hydrogen-bond donors (Lipinski definition) is 0. The monoisotopic (exact) mass is 196 g/mol. The van der Waals surface area contributed by atoms with Crippen LogP contribution in [0.3, 0.4) is 0 Å². The third-order valence-corrected chi connectivity index (χ3v) is 2.91. The van der Waals surface area contributed by atoms with Crippen LogP contribution >= 0.6 is 23.2 Å². The number of epoxide rings is 1. The van der Waals surface area contributed by atoms with Crippen LogP contribution in [0.2, 0.25) is 0 Å². The minimum atomic E-state index is -0.496. The van der Waals surface area contributed by atoms with Gasteiger partial charge in [-0.05, 0) is 6.42 Å². The predicted molar refractivity (Wildman–Crippen MR) is 43.1 cm³/mol. The lowest BCUT2D eigenvalue weighted by atomic mass is 10.4. The van der Waals surface area contributed by atoms with Gasteiger partial charge in [-0.1, -0.05) is 0 Å². The molecule has 0 spiro atoms. The molecular weight excluding hydrogens is 187 g/mol. The van der Waals surface area contributed by atoms with E-state index < -0.39 is 4.33 Å². The van der Waals surface area contributed by atoms with Crippen LogP contribution in [-0.4, -0.2) is 30.3 Å². The van der Waals surface area contributed by atoms with Gasteiger partial charge in [0.15, 0.2) is 0 Å². The number of hydrogen-bond acceptors (Lipinski definition) is 2. The maximum atomic E-state index is 5.79. The summed E-state index contributed by atoms with van der Waals surface area (Å²) in [6.07, 6.45) is 1.20. The Morgan fingerprint density at radius 2 is 2.09 bits per heavy atom. The molecule has 1 saturated heterocycles. The molecule has 4 heteroatoms. The first kappa shape index (κ1) is 8.11. The van der Waals surface area contributed by atoms with Gasteiger partial charge in [0.05, 0.1) is 19.8 Å². The summed E-state index contributed by atoms with van der Waals surface area (Å²) in [7, 11) is 0. The fraction of sp³-hybridized carbons (Fsp3) is 1.00. The molecule has 1 heterocycles. The Morgan fingerprint density at radius 1 is 1.45 bits per heavy atom. The SMILES string of the molecule is ClC1(Cl)C[C@@H]1COC[C@H]1CO1. The van der Waals surface area contributed by atoms with Gasteiger partial charge in [0.2, 0.25) is 0 Å². The van der Waals surface area contributed by atoms with E-state index in [0.717, 1.165) is 13.0 Å². The van der Waals surface area contributed by atoms with Gasteiger partial charge in [0.1, 0.15) is 10.4 Å². The summed E-state index contributed by atoms with van der Waals surface area (Å²) in [5.74, 6) is 0.338. The third kappa shape index (κ3) is 2.22. The van der Waals surface area contributed by atoms with Crippen LogP contribution in [0.5, 0.6) is 0 Å². The van der Waals surface area contributed by atoms with Crippen molar-refractivity contribution in [2.75, 3.05) is 19.8 Å². The largest absolute Gasteiger partial charge is 0.378 e. The number of rotatable bonds is 4. The Bertz CT molecular complexity index is 157. The molecular formula is C7H10Cl2O2. The number of ether oxygens (including phenoxy) is 2. The van der Waals surface area contributed by atoms with E-state index in [1.165, 1.54) is 0 Å². The lowest BCUT2D eigenvalue weighted by molar-refractivity contribution is 0.107. The van der Waals surface area contributed by atoms with Crippen molar-refractivity contribution in [1.29, 1.82) is 0 Å². The Hall–Kier alpha value is 0.500. The van der Waals surface area contributed by atoms with E-state index in [0.29, 0.717) is 25.2 Å². The molecule has 0 radical (unpaired) electrons. The highest BCUT2D eigenvalue weighted by molar-refractivity contribution is 6.50. The molecule has 1 aliphatic heterocycles. The highest BCUT2D eigenvalue weighted by atomic mass is 35.5. The minimum Gasteiger partial charge on any atom is -0.378 e. The maximum absolute atomic E-state index is 5.79. The third-order valence-electron chi connectivity index (χ3n) is 1.98. The second kappa shape index (κ2) is 2.77. The molecule has 2 nitrogen and oxygen atoms in total. The van der Waals surface area contributed by atoms with Crippen molar-refractivity contribution >= 4 is 23.2 Å². The fourth-order valence-corrected chi connectivity index (χ4v) is 1.45. The molecule has 0 amide bonds. The normalized spacial score (nSPS) is 38.7. The van der Waals surface area contributed by atoms with Crippen LogP contribution < -0.4 is 0 Å². The zero-order valence-electron chi connectivity index (χ0n) is 6.06. The van der Waals surface area contributed by atoms with E-state index in [9.17, 15) is 0 Å². The average molecular weight is 197 g/mol. The molecule has 0 aromatic rings. The molecule has 64 valence electrons. The van der Waals surface area contributed by atoms with E-state index in [4.69, 9.17) is 32.7 Å². The highest BCUT2D eigenvalue weighted by Gasteiger charge is 2.51. The quantitative estimate of drug-likeness (QED) is 0.504. The first-order valence-electron chi connectivity index (χ1n) is 3.75. The summed E-state index contributed by atoms with van der Waals surface area (Å²) in [6, 6.07) is 0. The van der Waals surface area contributed by atoms with Gasteiger partial charge in [-0.2, -0.15) is 0 Å². The lowest BCUT2D eigenvalue weighted by Gasteiger charge is -2.00. The van der Waals surface area contributed by atoms with Gasteiger partial charge in [-0.25, -0.2) is 0 Å². The second-order valence-corrected chi connectivity index (χ2v) is 4.70. The highest BCUT2D eigenvalue weighted by Crippen LogP contribution is 2.53. The van der Waals surface area contributed by atoms with Crippen molar-refractivity contribution in [3.63, 3.8) is 0 Å². The van der Waals surface area contributed by atoms with E-state index in [1.54, 1.807) is 0 Å². The van der Waals surface area contributed by atoms with Crippen LogP contribution in [-0.2, 0) is 9.47 Å².